The molecule has 0 unspecified atom stereocenters. The third kappa shape index (κ3) is 117. The highest BCUT2D eigenvalue weighted by Gasteiger charge is 1.53. The zero-order valence-electron chi connectivity index (χ0n) is 5.39. The predicted octanol–water partition coefficient (Wildman–Crippen LogP) is 1.83. The summed E-state index contributed by atoms with van der Waals surface area (Å²) >= 11 is 0. The van der Waals surface area contributed by atoms with E-state index in [0.717, 1.165) is 12.6 Å². The van der Waals surface area contributed by atoms with Crippen LogP contribution in [-0.4, -0.2) is 12.6 Å². The molecule has 0 bridgehead atoms. The van der Waals surface area contributed by atoms with Crippen LogP contribution in [0.25, 0.3) is 0 Å². The number of hydrogen-bond donors (Lipinski definition) is 0. The van der Waals surface area contributed by atoms with Crippen molar-refractivity contribution >= 4 is 12.6 Å². The Morgan fingerprint density at radius 3 is 1.11 bits per heavy atom. The number of hydrogen-bond acceptors (Lipinski definition) is 2. The standard InChI is InChI=1S/2C3H6O.CH4/c2*1-2-3-4;/h2*3H,2H2,1H3;1H4. The quantitative estimate of drug-likeness (QED) is 0.537. The topological polar surface area (TPSA) is 34.1 Å². The van der Waals surface area contributed by atoms with Gasteiger partial charge in [0.05, 0.1) is 0 Å². The molecular formula is C7H16O2. The number of carbonyl (C=O) groups excluding carboxylic acids is 2. The summed E-state index contributed by atoms with van der Waals surface area (Å²) in [6.07, 6.45) is 3.03. The zero-order chi connectivity index (χ0) is 6.83. The second kappa shape index (κ2) is 26.4. The molecule has 0 amide bonds. The Bertz CT molecular complexity index is 42.9. The molecule has 9 heavy (non-hydrogen) atoms. The SMILES string of the molecule is C.CCC=O.CCC=O. The molecule has 0 aliphatic carbocycles. The summed E-state index contributed by atoms with van der Waals surface area (Å²) in [5.41, 5.74) is 0. The molecule has 2 nitrogen and oxygen atoms in total. The summed E-state index contributed by atoms with van der Waals surface area (Å²) in [6, 6.07) is 0. The van der Waals surface area contributed by atoms with E-state index in [2.05, 4.69) is 0 Å². The van der Waals surface area contributed by atoms with Gasteiger partial charge in [0.15, 0.2) is 0 Å². The molecule has 56 valence electrons. The zero-order valence-corrected chi connectivity index (χ0v) is 5.39. The van der Waals surface area contributed by atoms with Crippen LogP contribution in [-0.2, 0) is 9.59 Å². The van der Waals surface area contributed by atoms with E-state index in [1.165, 1.54) is 0 Å². The molecule has 0 saturated heterocycles. The molecule has 0 heterocycles. The lowest BCUT2D eigenvalue weighted by Gasteiger charge is -1.51. The van der Waals surface area contributed by atoms with Crippen molar-refractivity contribution in [1.82, 2.24) is 0 Å². The Balaban J connectivity index is -0.0000000720. The van der Waals surface area contributed by atoms with Gasteiger partial charge in [0, 0.05) is 12.8 Å². The maximum absolute atomic E-state index is 9.17. The molecule has 0 saturated carbocycles. The molecule has 0 spiro atoms. The lowest BCUT2D eigenvalue weighted by Crippen LogP contribution is -1.55. The van der Waals surface area contributed by atoms with Crippen LogP contribution in [0.4, 0.5) is 0 Å². The Kier molecular flexibility index (Phi) is 46.3. The summed E-state index contributed by atoms with van der Waals surface area (Å²) in [7, 11) is 0. The van der Waals surface area contributed by atoms with E-state index >= 15 is 0 Å². The summed E-state index contributed by atoms with van der Waals surface area (Å²) in [4.78, 5) is 18.3. The maximum atomic E-state index is 9.17. The predicted molar refractivity (Wildman–Crippen MR) is 39.4 cm³/mol. The third-order valence-electron chi connectivity index (χ3n) is 0.333. The minimum Gasteiger partial charge on any atom is -0.303 e. The van der Waals surface area contributed by atoms with E-state index in [4.69, 9.17) is 0 Å². The van der Waals surface area contributed by atoms with E-state index in [-0.39, 0.29) is 7.43 Å². The second-order valence-electron chi connectivity index (χ2n) is 1.15. The molecule has 0 N–H and O–H groups in total. The van der Waals surface area contributed by atoms with E-state index < -0.39 is 0 Å². The van der Waals surface area contributed by atoms with Crippen molar-refractivity contribution in [3.05, 3.63) is 0 Å². The molecule has 0 aromatic rings. The largest absolute Gasteiger partial charge is 0.303 e. The van der Waals surface area contributed by atoms with Crippen LogP contribution in [0, 0.1) is 0 Å². The molecule has 2 heteroatoms. The monoisotopic (exact) mass is 132 g/mol. The van der Waals surface area contributed by atoms with Gasteiger partial charge in [-0.2, -0.15) is 0 Å². The van der Waals surface area contributed by atoms with Crippen molar-refractivity contribution in [1.29, 1.82) is 0 Å². The van der Waals surface area contributed by atoms with Crippen LogP contribution in [0.2, 0.25) is 0 Å². The van der Waals surface area contributed by atoms with Crippen LogP contribution in [0.15, 0.2) is 0 Å². The second-order valence-corrected chi connectivity index (χ2v) is 1.15. The third-order valence-corrected chi connectivity index (χ3v) is 0.333. The first kappa shape index (κ1) is 15.8. The Morgan fingerprint density at radius 2 is 1.11 bits per heavy atom. The minimum absolute atomic E-state index is 0. The first-order valence-corrected chi connectivity index (χ1v) is 2.70. The molecule has 0 atom stereocenters. The summed E-state index contributed by atoms with van der Waals surface area (Å²) in [6.45, 7) is 3.62. The fourth-order valence-electron chi connectivity index (χ4n) is 0. The highest BCUT2D eigenvalue weighted by atomic mass is 16.1. The smallest absolute Gasteiger partial charge is 0.119 e. The van der Waals surface area contributed by atoms with Crippen LogP contribution >= 0.6 is 0 Å². The van der Waals surface area contributed by atoms with Crippen LogP contribution < -0.4 is 0 Å². The van der Waals surface area contributed by atoms with Gasteiger partial charge in [-0.1, -0.05) is 21.3 Å². The van der Waals surface area contributed by atoms with E-state index in [9.17, 15) is 9.59 Å². The van der Waals surface area contributed by atoms with Crippen LogP contribution in [0.1, 0.15) is 34.1 Å². The molecule has 0 radical (unpaired) electrons. The molecule has 0 rings (SSSR count). The van der Waals surface area contributed by atoms with Gasteiger partial charge in [0.2, 0.25) is 0 Å². The highest BCUT2D eigenvalue weighted by molar-refractivity contribution is 5.48. The average molecular weight is 132 g/mol. The van der Waals surface area contributed by atoms with E-state index in [0.29, 0.717) is 12.8 Å². The maximum Gasteiger partial charge on any atom is 0.119 e. The first-order valence-electron chi connectivity index (χ1n) is 2.70. The van der Waals surface area contributed by atoms with Gasteiger partial charge >= 0.3 is 0 Å². The molecular weight excluding hydrogens is 116 g/mol. The number of carbonyl (C=O) groups is 2. The van der Waals surface area contributed by atoms with Crippen molar-refractivity contribution in [2.24, 2.45) is 0 Å². The fraction of sp³-hybridized carbons (Fsp3) is 0.714. The van der Waals surface area contributed by atoms with Gasteiger partial charge < -0.3 is 9.59 Å². The van der Waals surface area contributed by atoms with Crippen molar-refractivity contribution in [2.45, 2.75) is 34.1 Å². The van der Waals surface area contributed by atoms with Crippen molar-refractivity contribution in [3.63, 3.8) is 0 Å². The normalized spacial score (nSPS) is 5.56. The van der Waals surface area contributed by atoms with Gasteiger partial charge in [-0.15, -0.1) is 0 Å². The van der Waals surface area contributed by atoms with Crippen molar-refractivity contribution in [3.8, 4) is 0 Å². The highest BCUT2D eigenvalue weighted by Crippen LogP contribution is 1.53. The van der Waals surface area contributed by atoms with Gasteiger partial charge in [-0.05, 0) is 0 Å². The summed E-state index contributed by atoms with van der Waals surface area (Å²) in [5.74, 6) is 0. The van der Waals surface area contributed by atoms with Gasteiger partial charge in [-0.25, -0.2) is 0 Å². The van der Waals surface area contributed by atoms with Crippen molar-refractivity contribution < 1.29 is 9.59 Å². The van der Waals surface area contributed by atoms with Gasteiger partial charge in [0.1, 0.15) is 12.6 Å². The lowest BCUT2D eigenvalue weighted by molar-refractivity contribution is -0.108. The average Bonchev–Trinajstić information content (AvgIpc) is 1.88. The van der Waals surface area contributed by atoms with Crippen LogP contribution in [0.5, 0.6) is 0 Å². The Morgan fingerprint density at radius 1 is 1.00 bits per heavy atom. The molecule has 0 aromatic carbocycles. The summed E-state index contributed by atoms with van der Waals surface area (Å²) in [5, 5.41) is 0. The van der Waals surface area contributed by atoms with Gasteiger partial charge in [-0.3, -0.25) is 0 Å². The van der Waals surface area contributed by atoms with Crippen LogP contribution in [0.3, 0.4) is 0 Å². The molecule has 0 aliphatic heterocycles. The number of aldehydes is 2. The first-order chi connectivity index (χ1) is 3.83. The van der Waals surface area contributed by atoms with Gasteiger partial charge in [0.25, 0.3) is 0 Å². The van der Waals surface area contributed by atoms with E-state index in [1.807, 2.05) is 13.8 Å². The Labute approximate surface area is 57.3 Å². The fourth-order valence-corrected chi connectivity index (χ4v) is 0. The number of rotatable bonds is 2. The lowest BCUT2D eigenvalue weighted by atomic mass is 10.6. The molecule has 0 aromatic heterocycles. The van der Waals surface area contributed by atoms with E-state index in [1.54, 1.807) is 0 Å². The molecule has 0 fully saturated rings. The van der Waals surface area contributed by atoms with Crippen molar-refractivity contribution in [2.75, 3.05) is 0 Å². The molecule has 0 aliphatic rings. The Hall–Kier alpha value is -0.660. The minimum atomic E-state index is 0. The summed E-state index contributed by atoms with van der Waals surface area (Å²) < 4.78 is 0.